The Kier molecular flexibility index (Phi) is 7.88. The molecule has 21 heavy (non-hydrogen) atoms. The molecule has 1 fully saturated rings. The van der Waals surface area contributed by atoms with Crippen molar-refractivity contribution in [1.29, 1.82) is 0 Å². The predicted molar refractivity (Wildman–Crippen MR) is 99.9 cm³/mol. The molecule has 2 rings (SSSR count). The molecule has 0 nitrogen and oxygen atoms in total. The molecular formula is C20H30S. The third kappa shape index (κ3) is 3.63. The van der Waals surface area contributed by atoms with Crippen LogP contribution in [0.15, 0.2) is 58.2 Å². The molecule has 1 atom stereocenters. The van der Waals surface area contributed by atoms with Gasteiger partial charge in [-0.15, -0.1) is 0 Å². The number of rotatable bonds is 3. The molecule has 2 aliphatic rings. The highest BCUT2D eigenvalue weighted by Crippen LogP contribution is 2.48. The average molecular weight is 303 g/mol. The van der Waals surface area contributed by atoms with Gasteiger partial charge in [0.25, 0.3) is 0 Å². The van der Waals surface area contributed by atoms with Crippen molar-refractivity contribution < 1.29 is 0 Å². The molecular weight excluding hydrogens is 272 g/mol. The van der Waals surface area contributed by atoms with Crippen molar-refractivity contribution in [3.05, 3.63) is 58.2 Å². The number of hydrogen-bond acceptors (Lipinski definition) is 1. The van der Waals surface area contributed by atoms with E-state index in [4.69, 9.17) is 0 Å². The van der Waals surface area contributed by atoms with Crippen LogP contribution in [0.5, 0.6) is 0 Å². The van der Waals surface area contributed by atoms with Gasteiger partial charge in [-0.2, -0.15) is 11.8 Å². The highest BCUT2D eigenvalue weighted by molar-refractivity contribution is 7.99. The van der Waals surface area contributed by atoms with Gasteiger partial charge in [0, 0.05) is 17.4 Å². The summed E-state index contributed by atoms with van der Waals surface area (Å²) in [5, 5.41) is 0. The van der Waals surface area contributed by atoms with Crippen molar-refractivity contribution in [2.45, 2.75) is 48.0 Å². The quantitative estimate of drug-likeness (QED) is 0.574. The third-order valence-corrected chi connectivity index (χ3v) is 5.06. The summed E-state index contributed by atoms with van der Waals surface area (Å²) >= 11 is 2.08. The van der Waals surface area contributed by atoms with E-state index in [1.165, 1.54) is 22.7 Å². The van der Waals surface area contributed by atoms with E-state index < -0.39 is 0 Å². The minimum atomic E-state index is 0.646. The first kappa shape index (κ1) is 18.1. The predicted octanol–water partition coefficient (Wildman–Crippen LogP) is 6.49. The fourth-order valence-corrected chi connectivity index (χ4v) is 4.46. The van der Waals surface area contributed by atoms with E-state index in [0.717, 1.165) is 6.42 Å². The minimum Gasteiger partial charge on any atom is -0.156 e. The topological polar surface area (TPSA) is 0 Å². The van der Waals surface area contributed by atoms with Gasteiger partial charge in [0.15, 0.2) is 0 Å². The first-order chi connectivity index (χ1) is 10.3. The second-order valence-electron chi connectivity index (χ2n) is 5.00. The fourth-order valence-electron chi connectivity index (χ4n) is 3.20. The number of allylic oxidation sites excluding steroid dienone is 9. The van der Waals surface area contributed by atoms with Crippen LogP contribution in [-0.2, 0) is 0 Å². The lowest BCUT2D eigenvalue weighted by Gasteiger charge is -2.26. The SMILES string of the molecule is C/C=C\C1=C(CC)C2CSC/C(=C/C)C2=C1/C=C\C.CC. The zero-order valence-electron chi connectivity index (χ0n) is 14.5. The maximum atomic E-state index is 2.31. The Morgan fingerprint density at radius 1 is 1.05 bits per heavy atom. The second kappa shape index (κ2) is 9.15. The van der Waals surface area contributed by atoms with Gasteiger partial charge in [-0.3, -0.25) is 0 Å². The van der Waals surface area contributed by atoms with Gasteiger partial charge in [0.1, 0.15) is 0 Å². The normalized spacial score (nSPS) is 24.1. The van der Waals surface area contributed by atoms with Crippen LogP contribution < -0.4 is 0 Å². The zero-order valence-corrected chi connectivity index (χ0v) is 15.3. The zero-order chi connectivity index (χ0) is 15.8. The van der Waals surface area contributed by atoms with Gasteiger partial charge < -0.3 is 0 Å². The Morgan fingerprint density at radius 2 is 1.67 bits per heavy atom. The smallest absolute Gasteiger partial charge is 0.0184 e. The molecule has 1 saturated heterocycles. The summed E-state index contributed by atoms with van der Waals surface area (Å²) in [6.07, 6.45) is 12.4. The van der Waals surface area contributed by atoms with Crippen molar-refractivity contribution in [1.82, 2.24) is 0 Å². The molecule has 0 spiro atoms. The van der Waals surface area contributed by atoms with Gasteiger partial charge in [-0.25, -0.2) is 0 Å². The lowest BCUT2D eigenvalue weighted by molar-refractivity contribution is 0.785. The van der Waals surface area contributed by atoms with Crippen LogP contribution in [0.1, 0.15) is 48.0 Å². The minimum absolute atomic E-state index is 0.646. The molecule has 116 valence electrons. The second-order valence-corrected chi connectivity index (χ2v) is 6.03. The maximum absolute atomic E-state index is 2.31. The summed E-state index contributed by atoms with van der Waals surface area (Å²) in [7, 11) is 0. The van der Waals surface area contributed by atoms with Gasteiger partial charge in [0.2, 0.25) is 0 Å². The van der Waals surface area contributed by atoms with E-state index in [1.54, 1.807) is 16.7 Å². The van der Waals surface area contributed by atoms with Crippen molar-refractivity contribution >= 4 is 11.8 Å². The van der Waals surface area contributed by atoms with Gasteiger partial charge in [-0.05, 0) is 49.5 Å². The molecule has 0 aromatic heterocycles. The summed E-state index contributed by atoms with van der Waals surface area (Å²) in [5.41, 5.74) is 7.72. The lowest BCUT2D eigenvalue weighted by Crippen LogP contribution is -2.16. The molecule has 1 unspecified atom stereocenters. The van der Waals surface area contributed by atoms with Crippen LogP contribution in [0.4, 0.5) is 0 Å². The standard InChI is InChI=1S/C18H24S.C2H6/c1-5-9-15-14(8-4)17-12-19-11-13(7-3)18(17)16(15)10-6-2;1-2/h5-7,9-10,17H,8,11-12H2,1-4H3;1-2H3/b9-5-,10-6-,13-7-;. The summed E-state index contributed by atoms with van der Waals surface area (Å²) < 4.78 is 0. The van der Waals surface area contributed by atoms with E-state index in [9.17, 15) is 0 Å². The molecule has 0 aromatic carbocycles. The Bertz CT molecular complexity index is 498. The largest absolute Gasteiger partial charge is 0.156 e. The van der Waals surface area contributed by atoms with E-state index in [-0.39, 0.29) is 0 Å². The number of fused-ring (bicyclic) bond motifs is 1. The molecule has 0 bridgehead atoms. The van der Waals surface area contributed by atoms with Crippen LogP contribution in [-0.4, -0.2) is 11.5 Å². The summed E-state index contributed by atoms with van der Waals surface area (Å²) in [6.45, 7) is 12.7. The first-order valence-corrected chi connectivity index (χ1v) is 9.40. The maximum Gasteiger partial charge on any atom is 0.0184 e. The molecule has 0 radical (unpaired) electrons. The summed E-state index contributed by atoms with van der Waals surface area (Å²) in [6, 6.07) is 0. The molecule has 1 aliphatic heterocycles. The van der Waals surface area contributed by atoms with E-state index in [2.05, 4.69) is 69.8 Å². The molecule has 1 aliphatic carbocycles. The Balaban J connectivity index is 0.00000106. The highest BCUT2D eigenvalue weighted by Gasteiger charge is 2.34. The fraction of sp³-hybridized carbons (Fsp3) is 0.500. The Labute approximate surface area is 135 Å². The Morgan fingerprint density at radius 3 is 2.19 bits per heavy atom. The van der Waals surface area contributed by atoms with Crippen LogP contribution in [0.3, 0.4) is 0 Å². The van der Waals surface area contributed by atoms with Gasteiger partial charge >= 0.3 is 0 Å². The number of thioether (sulfide) groups is 1. The van der Waals surface area contributed by atoms with E-state index in [1.807, 2.05) is 13.8 Å². The molecule has 1 heterocycles. The number of hydrogen-bond donors (Lipinski definition) is 0. The van der Waals surface area contributed by atoms with Gasteiger partial charge in [0.05, 0.1) is 0 Å². The molecule has 0 amide bonds. The molecule has 1 heteroatoms. The van der Waals surface area contributed by atoms with Crippen LogP contribution in [0.25, 0.3) is 0 Å². The average Bonchev–Trinajstić information content (AvgIpc) is 2.83. The third-order valence-electron chi connectivity index (χ3n) is 3.98. The van der Waals surface area contributed by atoms with Crippen LogP contribution in [0, 0.1) is 5.92 Å². The van der Waals surface area contributed by atoms with Crippen molar-refractivity contribution in [3.63, 3.8) is 0 Å². The molecule has 0 N–H and O–H groups in total. The van der Waals surface area contributed by atoms with Crippen LogP contribution >= 0.6 is 11.8 Å². The first-order valence-electron chi connectivity index (χ1n) is 8.24. The molecule has 0 aromatic rings. The molecule has 0 saturated carbocycles. The van der Waals surface area contributed by atoms with Crippen molar-refractivity contribution in [3.8, 4) is 0 Å². The van der Waals surface area contributed by atoms with E-state index in [0.29, 0.717) is 5.92 Å². The van der Waals surface area contributed by atoms with Crippen molar-refractivity contribution in [2.75, 3.05) is 11.5 Å². The van der Waals surface area contributed by atoms with Gasteiger partial charge in [-0.1, -0.05) is 56.7 Å². The van der Waals surface area contributed by atoms with Crippen LogP contribution in [0.2, 0.25) is 0 Å². The highest BCUT2D eigenvalue weighted by atomic mass is 32.2. The monoisotopic (exact) mass is 302 g/mol. The lowest BCUT2D eigenvalue weighted by atomic mass is 9.89. The summed E-state index contributed by atoms with van der Waals surface area (Å²) in [5.74, 6) is 3.06. The van der Waals surface area contributed by atoms with E-state index >= 15 is 0 Å². The van der Waals surface area contributed by atoms with Crippen molar-refractivity contribution in [2.24, 2.45) is 5.92 Å². The Hall–Kier alpha value is -0.950. The summed E-state index contributed by atoms with van der Waals surface area (Å²) in [4.78, 5) is 0.